The molecule has 3 aromatic rings. The van der Waals surface area contributed by atoms with Crippen LogP contribution >= 0.6 is 0 Å². The summed E-state index contributed by atoms with van der Waals surface area (Å²) in [6, 6.07) is 8.11. The summed E-state index contributed by atoms with van der Waals surface area (Å²) in [5.74, 6) is 1.10. The molecule has 0 fully saturated rings. The van der Waals surface area contributed by atoms with E-state index in [9.17, 15) is 0 Å². The first-order valence-corrected chi connectivity index (χ1v) is 6.46. The molecule has 1 N–H and O–H groups in total. The van der Waals surface area contributed by atoms with Crippen molar-refractivity contribution in [3.63, 3.8) is 0 Å². The number of furan rings is 1. The van der Waals surface area contributed by atoms with Gasteiger partial charge >= 0.3 is 0 Å². The lowest BCUT2D eigenvalue weighted by Crippen LogP contribution is -2.17. The number of benzene rings is 1. The molecule has 0 aliphatic carbocycles. The molecular formula is C15H17N3O. The van der Waals surface area contributed by atoms with E-state index in [2.05, 4.69) is 20.9 Å². The molecule has 0 aliphatic rings. The van der Waals surface area contributed by atoms with E-state index < -0.39 is 0 Å². The van der Waals surface area contributed by atoms with Gasteiger partial charge in [0.1, 0.15) is 11.4 Å². The summed E-state index contributed by atoms with van der Waals surface area (Å²) in [5.41, 5.74) is 2.15. The summed E-state index contributed by atoms with van der Waals surface area (Å²) in [7, 11) is 2.02. The fourth-order valence-electron chi connectivity index (χ4n) is 2.23. The van der Waals surface area contributed by atoms with Crippen molar-refractivity contribution in [3.8, 4) is 0 Å². The summed E-state index contributed by atoms with van der Waals surface area (Å²) in [5, 5.41) is 4.62. The minimum Gasteiger partial charge on any atom is -0.464 e. The van der Waals surface area contributed by atoms with Crippen molar-refractivity contribution < 1.29 is 4.42 Å². The smallest absolute Gasteiger partial charge is 0.134 e. The van der Waals surface area contributed by atoms with E-state index in [1.165, 1.54) is 10.9 Å². The van der Waals surface area contributed by atoms with Crippen LogP contribution in [0, 0.1) is 0 Å². The third kappa shape index (κ3) is 2.53. The summed E-state index contributed by atoms with van der Waals surface area (Å²) in [6.07, 6.45) is 6.57. The Balaban J connectivity index is 1.57. The van der Waals surface area contributed by atoms with Gasteiger partial charge in [0.05, 0.1) is 6.26 Å². The van der Waals surface area contributed by atoms with E-state index in [4.69, 9.17) is 4.42 Å². The normalized spacial score (nSPS) is 11.2. The van der Waals surface area contributed by atoms with Crippen LogP contribution in [-0.2, 0) is 20.0 Å². The third-order valence-corrected chi connectivity index (χ3v) is 3.32. The Hall–Kier alpha value is -2.07. The van der Waals surface area contributed by atoms with E-state index in [1.807, 2.05) is 43.9 Å². The van der Waals surface area contributed by atoms with Crippen LogP contribution in [0.3, 0.4) is 0 Å². The zero-order chi connectivity index (χ0) is 13.1. The van der Waals surface area contributed by atoms with E-state index >= 15 is 0 Å². The number of hydrogen-bond donors (Lipinski definition) is 1. The Bertz CT molecular complexity index is 669. The molecule has 19 heavy (non-hydrogen) atoms. The molecule has 0 saturated carbocycles. The predicted octanol–water partition coefficient (Wildman–Crippen LogP) is 2.50. The molecule has 4 nitrogen and oxygen atoms in total. The van der Waals surface area contributed by atoms with Crippen LogP contribution in [0.1, 0.15) is 11.4 Å². The molecule has 4 heteroatoms. The van der Waals surface area contributed by atoms with Gasteiger partial charge in [-0.05, 0) is 6.07 Å². The van der Waals surface area contributed by atoms with E-state index in [-0.39, 0.29) is 0 Å². The summed E-state index contributed by atoms with van der Waals surface area (Å²) in [6.45, 7) is 1.73. The van der Waals surface area contributed by atoms with Crippen LogP contribution in [0.15, 0.2) is 47.3 Å². The molecule has 3 rings (SSSR count). The highest BCUT2D eigenvalue weighted by atomic mass is 16.3. The van der Waals surface area contributed by atoms with Crippen molar-refractivity contribution in [2.45, 2.75) is 13.0 Å². The second kappa shape index (κ2) is 5.28. The van der Waals surface area contributed by atoms with Gasteiger partial charge in [-0.3, -0.25) is 0 Å². The van der Waals surface area contributed by atoms with Crippen molar-refractivity contribution in [3.05, 3.63) is 54.3 Å². The highest BCUT2D eigenvalue weighted by molar-refractivity contribution is 5.80. The van der Waals surface area contributed by atoms with Crippen LogP contribution in [0.2, 0.25) is 0 Å². The standard InChI is InChI=1S/C15H17N3O/c1-18-9-8-17-15(18)6-7-16-10-12-11-19-14-5-3-2-4-13(12)14/h2-5,8-9,11,16H,6-7,10H2,1H3. The minimum absolute atomic E-state index is 0.821. The molecule has 0 unspecified atom stereocenters. The number of rotatable bonds is 5. The molecule has 1 aromatic carbocycles. The van der Waals surface area contributed by atoms with Crippen LogP contribution in [-0.4, -0.2) is 16.1 Å². The second-order valence-electron chi connectivity index (χ2n) is 4.64. The number of para-hydroxylation sites is 1. The van der Waals surface area contributed by atoms with Crippen LogP contribution in [0.4, 0.5) is 0 Å². The van der Waals surface area contributed by atoms with Crippen molar-refractivity contribution in [1.29, 1.82) is 0 Å². The van der Waals surface area contributed by atoms with Crippen molar-refractivity contribution in [2.24, 2.45) is 7.05 Å². The van der Waals surface area contributed by atoms with Gasteiger partial charge in [0, 0.05) is 49.9 Å². The number of aryl methyl sites for hydroxylation is 1. The predicted molar refractivity (Wildman–Crippen MR) is 74.8 cm³/mol. The molecule has 0 radical (unpaired) electrons. The van der Waals surface area contributed by atoms with Gasteiger partial charge in [0.2, 0.25) is 0 Å². The van der Waals surface area contributed by atoms with Gasteiger partial charge in [0.25, 0.3) is 0 Å². The molecule has 2 aromatic heterocycles. The highest BCUT2D eigenvalue weighted by Gasteiger charge is 2.04. The molecule has 0 bridgehead atoms. The maximum Gasteiger partial charge on any atom is 0.134 e. The van der Waals surface area contributed by atoms with Crippen molar-refractivity contribution >= 4 is 11.0 Å². The number of imidazole rings is 1. The lowest BCUT2D eigenvalue weighted by molar-refractivity contribution is 0.599. The van der Waals surface area contributed by atoms with Crippen molar-refractivity contribution in [1.82, 2.24) is 14.9 Å². The van der Waals surface area contributed by atoms with Gasteiger partial charge in [-0.1, -0.05) is 18.2 Å². The Kier molecular flexibility index (Phi) is 3.33. The lowest BCUT2D eigenvalue weighted by Gasteiger charge is -2.04. The van der Waals surface area contributed by atoms with Gasteiger partial charge in [-0.2, -0.15) is 0 Å². The highest BCUT2D eigenvalue weighted by Crippen LogP contribution is 2.20. The minimum atomic E-state index is 0.821. The fourth-order valence-corrected chi connectivity index (χ4v) is 2.23. The second-order valence-corrected chi connectivity index (χ2v) is 4.64. The average molecular weight is 255 g/mol. The topological polar surface area (TPSA) is 43.0 Å². The quantitative estimate of drug-likeness (QED) is 0.712. The lowest BCUT2D eigenvalue weighted by atomic mass is 10.2. The zero-order valence-corrected chi connectivity index (χ0v) is 11.0. The Morgan fingerprint density at radius 1 is 1.32 bits per heavy atom. The first kappa shape index (κ1) is 12.0. The monoisotopic (exact) mass is 255 g/mol. The van der Waals surface area contributed by atoms with E-state index in [1.54, 1.807) is 0 Å². The number of fused-ring (bicyclic) bond motifs is 1. The number of nitrogens with one attached hydrogen (secondary N) is 1. The summed E-state index contributed by atoms with van der Waals surface area (Å²) in [4.78, 5) is 4.30. The maximum atomic E-state index is 5.51. The Morgan fingerprint density at radius 3 is 3.05 bits per heavy atom. The Morgan fingerprint density at radius 2 is 2.21 bits per heavy atom. The number of hydrogen-bond acceptors (Lipinski definition) is 3. The van der Waals surface area contributed by atoms with Crippen LogP contribution in [0.5, 0.6) is 0 Å². The van der Waals surface area contributed by atoms with Gasteiger partial charge < -0.3 is 14.3 Å². The molecular weight excluding hydrogens is 238 g/mol. The van der Waals surface area contributed by atoms with Crippen LogP contribution in [0.25, 0.3) is 11.0 Å². The third-order valence-electron chi connectivity index (χ3n) is 3.32. The van der Waals surface area contributed by atoms with E-state index in [0.29, 0.717) is 0 Å². The molecule has 2 heterocycles. The molecule has 0 atom stereocenters. The number of nitrogens with zero attached hydrogens (tertiary/aromatic N) is 2. The van der Waals surface area contributed by atoms with Crippen molar-refractivity contribution in [2.75, 3.05) is 6.54 Å². The van der Waals surface area contributed by atoms with E-state index in [0.717, 1.165) is 30.9 Å². The van der Waals surface area contributed by atoms with Gasteiger partial charge in [-0.25, -0.2) is 4.98 Å². The molecule has 0 spiro atoms. The molecule has 0 aliphatic heterocycles. The first-order valence-electron chi connectivity index (χ1n) is 6.46. The first-order chi connectivity index (χ1) is 9.34. The average Bonchev–Trinajstić information content (AvgIpc) is 3.02. The fraction of sp³-hybridized carbons (Fsp3) is 0.267. The Labute approximate surface area is 112 Å². The largest absolute Gasteiger partial charge is 0.464 e. The summed E-state index contributed by atoms with van der Waals surface area (Å²) < 4.78 is 7.57. The van der Waals surface area contributed by atoms with Crippen LogP contribution < -0.4 is 5.32 Å². The SMILES string of the molecule is Cn1ccnc1CCNCc1coc2ccccc12. The number of aromatic nitrogens is 2. The maximum absolute atomic E-state index is 5.51. The molecule has 98 valence electrons. The molecule has 0 amide bonds. The van der Waals surface area contributed by atoms with Gasteiger partial charge in [-0.15, -0.1) is 0 Å². The molecule has 0 saturated heterocycles. The summed E-state index contributed by atoms with van der Waals surface area (Å²) >= 11 is 0. The zero-order valence-electron chi connectivity index (χ0n) is 11.0. The van der Waals surface area contributed by atoms with Gasteiger partial charge in [0.15, 0.2) is 0 Å².